The number of carbonyl (C=O) groups excluding carboxylic acids is 1. The number of amides is 1. The minimum atomic E-state index is -3.55. The maximum atomic E-state index is 13.2. The van der Waals surface area contributed by atoms with Crippen LogP contribution in [0.5, 0.6) is 5.75 Å². The van der Waals surface area contributed by atoms with E-state index in [4.69, 9.17) is 4.74 Å². The molecule has 1 amide bonds. The predicted molar refractivity (Wildman–Crippen MR) is 142 cm³/mol. The van der Waals surface area contributed by atoms with Crippen LogP contribution in [0.15, 0.2) is 71.6 Å². The van der Waals surface area contributed by atoms with Gasteiger partial charge in [-0.05, 0) is 73.6 Å². The minimum Gasteiger partial charge on any atom is -0.496 e. The Labute approximate surface area is 214 Å². The molecule has 3 aromatic rings. The van der Waals surface area contributed by atoms with Crippen LogP contribution in [0.1, 0.15) is 53.1 Å². The molecule has 1 atom stereocenters. The summed E-state index contributed by atoms with van der Waals surface area (Å²) in [6.07, 6.45) is 2.33. The van der Waals surface area contributed by atoms with Gasteiger partial charge in [-0.1, -0.05) is 54.1 Å². The summed E-state index contributed by atoms with van der Waals surface area (Å²) in [4.78, 5) is 13.4. The fourth-order valence-corrected chi connectivity index (χ4v) is 6.37. The molecular formula is C29H34N2O4S. The van der Waals surface area contributed by atoms with Crippen molar-refractivity contribution in [2.45, 2.75) is 50.5 Å². The van der Waals surface area contributed by atoms with Crippen LogP contribution in [-0.4, -0.2) is 38.8 Å². The lowest BCUT2D eigenvalue weighted by Gasteiger charge is -2.22. The Bertz CT molecular complexity index is 1320. The number of aryl methyl sites for hydroxylation is 3. The van der Waals surface area contributed by atoms with Gasteiger partial charge >= 0.3 is 0 Å². The van der Waals surface area contributed by atoms with Crippen LogP contribution in [0.3, 0.4) is 0 Å². The molecule has 0 unspecified atom stereocenters. The van der Waals surface area contributed by atoms with Gasteiger partial charge in [-0.2, -0.15) is 4.31 Å². The van der Waals surface area contributed by atoms with Gasteiger partial charge in [0.2, 0.25) is 15.9 Å². The van der Waals surface area contributed by atoms with E-state index in [0.717, 1.165) is 29.5 Å². The van der Waals surface area contributed by atoms with Crippen molar-refractivity contribution in [1.82, 2.24) is 9.62 Å². The number of hydrogen-bond donors (Lipinski definition) is 1. The second-order valence-electron chi connectivity index (χ2n) is 9.36. The molecule has 1 N–H and O–H groups in total. The highest BCUT2D eigenvalue weighted by Gasteiger charge is 2.28. The number of nitrogens with one attached hydrogen (secondary N) is 1. The summed E-state index contributed by atoms with van der Waals surface area (Å²) in [5.41, 5.74) is 5.05. The number of nitrogens with zero attached hydrogens (tertiary/aromatic N) is 1. The molecule has 3 aromatic carbocycles. The quantitative estimate of drug-likeness (QED) is 0.446. The molecule has 4 rings (SSSR count). The maximum absolute atomic E-state index is 13.2. The molecule has 0 aromatic heterocycles. The average Bonchev–Trinajstić information content (AvgIpc) is 3.43. The average molecular weight is 507 g/mol. The number of methoxy groups -OCH3 is 1. The molecule has 1 heterocycles. The van der Waals surface area contributed by atoms with Gasteiger partial charge in [0.15, 0.2) is 0 Å². The van der Waals surface area contributed by atoms with E-state index in [-0.39, 0.29) is 23.3 Å². The van der Waals surface area contributed by atoms with Gasteiger partial charge < -0.3 is 10.1 Å². The van der Waals surface area contributed by atoms with E-state index >= 15 is 0 Å². The summed E-state index contributed by atoms with van der Waals surface area (Å²) in [5, 5.41) is 3.20. The van der Waals surface area contributed by atoms with E-state index < -0.39 is 10.0 Å². The zero-order valence-corrected chi connectivity index (χ0v) is 22.0. The lowest BCUT2D eigenvalue weighted by molar-refractivity contribution is -0.121. The normalized spacial score (nSPS) is 15.0. The second-order valence-corrected chi connectivity index (χ2v) is 11.3. The van der Waals surface area contributed by atoms with Gasteiger partial charge in [-0.25, -0.2) is 8.42 Å². The zero-order valence-electron chi connectivity index (χ0n) is 21.2. The van der Waals surface area contributed by atoms with Gasteiger partial charge in [0.25, 0.3) is 0 Å². The summed E-state index contributed by atoms with van der Waals surface area (Å²) < 4.78 is 33.1. The minimum absolute atomic E-state index is 0.112. The largest absolute Gasteiger partial charge is 0.496 e. The Hall–Kier alpha value is -3.16. The number of carbonyl (C=O) groups is 1. The maximum Gasteiger partial charge on any atom is 0.243 e. The van der Waals surface area contributed by atoms with E-state index in [1.54, 1.807) is 25.3 Å². The van der Waals surface area contributed by atoms with Crippen molar-refractivity contribution in [1.29, 1.82) is 0 Å². The Morgan fingerprint density at radius 2 is 1.72 bits per heavy atom. The standard InChI is InChI=1S/C29H34N2O4S/c1-21-11-14-26(22(2)19-21)29(23-9-5-4-6-10-23)30-28(32)16-12-24-20-25(13-15-27(24)35-3)36(33,34)31-17-7-8-18-31/h4-6,9-11,13-15,19-20,29H,7-8,12,16-18H2,1-3H3,(H,30,32)/t29-/m1/s1. The third-order valence-electron chi connectivity index (χ3n) is 6.75. The molecule has 0 spiro atoms. The third kappa shape index (κ3) is 5.79. The first-order chi connectivity index (χ1) is 17.3. The number of sulfonamides is 1. The monoisotopic (exact) mass is 506 g/mol. The first kappa shape index (κ1) is 25.9. The van der Waals surface area contributed by atoms with Crippen LogP contribution < -0.4 is 10.1 Å². The second kappa shape index (κ2) is 11.3. The van der Waals surface area contributed by atoms with Crippen molar-refractivity contribution in [2.24, 2.45) is 0 Å². The Morgan fingerprint density at radius 1 is 1.00 bits per heavy atom. The van der Waals surface area contributed by atoms with Crippen molar-refractivity contribution < 1.29 is 17.9 Å². The smallest absolute Gasteiger partial charge is 0.243 e. The lowest BCUT2D eigenvalue weighted by Crippen LogP contribution is -2.30. The highest BCUT2D eigenvalue weighted by Crippen LogP contribution is 2.29. The van der Waals surface area contributed by atoms with Crippen molar-refractivity contribution in [3.8, 4) is 5.75 Å². The summed E-state index contributed by atoms with van der Waals surface area (Å²) in [5.74, 6) is 0.468. The van der Waals surface area contributed by atoms with Crippen molar-refractivity contribution in [2.75, 3.05) is 20.2 Å². The van der Waals surface area contributed by atoms with Crippen LogP contribution >= 0.6 is 0 Å². The molecule has 1 aliphatic heterocycles. The van der Waals surface area contributed by atoms with Crippen LogP contribution in [0.4, 0.5) is 0 Å². The Balaban J connectivity index is 1.53. The van der Waals surface area contributed by atoms with Crippen LogP contribution in [0.25, 0.3) is 0 Å². The molecular weight excluding hydrogens is 472 g/mol. The zero-order chi connectivity index (χ0) is 25.7. The molecule has 1 fully saturated rings. The van der Waals surface area contributed by atoms with Crippen LogP contribution in [-0.2, 0) is 21.2 Å². The van der Waals surface area contributed by atoms with E-state index in [9.17, 15) is 13.2 Å². The fraction of sp³-hybridized carbons (Fsp3) is 0.345. The van der Waals surface area contributed by atoms with Gasteiger partial charge in [0, 0.05) is 19.5 Å². The molecule has 0 aliphatic carbocycles. The highest BCUT2D eigenvalue weighted by atomic mass is 32.2. The molecule has 7 heteroatoms. The SMILES string of the molecule is COc1ccc(S(=O)(=O)N2CCCC2)cc1CCC(=O)N[C@H](c1ccccc1)c1ccc(C)cc1C. The predicted octanol–water partition coefficient (Wildman–Crippen LogP) is 4.93. The third-order valence-corrected chi connectivity index (χ3v) is 8.65. The molecule has 6 nitrogen and oxygen atoms in total. The van der Waals surface area contributed by atoms with E-state index in [1.807, 2.05) is 30.3 Å². The molecule has 0 saturated carbocycles. The van der Waals surface area contributed by atoms with Gasteiger partial charge in [-0.15, -0.1) is 0 Å². The van der Waals surface area contributed by atoms with Gasteiger partial charge in [0.1, 0.15) is 5.75 Å². The summed E-state index contributed by atoms with van der Waals surface area (Å²) in [7, 11) is -1.99. The summed E-state index contributed by atoms with van der Waals surface area (Å²) in [6, 6.07) is 20.8. The Kier molecular flexibility index (Phi) is 8.11. The number of rotatable bonds is 9. The van der Waals surface area contributed by atoms with Crippen molar-refractivity contribution >= 4 is 15.9 Å². The highest BCUT2D eigenvalue weighted by molar-refractivity contribution is 7.89. The molecule has 0 radical (unpaired) electrons. The van der Waals surface area contributed by atoms with E-state index in [0.29, 0.717) is 30.8 Å². The van der Waals surface area contributed by atoms with E-state index in [1.165, 1.54) is 9.87 Å². The summed E-state index contributed by atoms with van der Waals surface area (Å²) in [6.45, 7) is 5.21. The van der Waals surface area contributed by atoms with Crippen LogP contribution in [0, 0.1) is 13.8 Å². The Morgan fingerprint density at radius 3 is 2.39 bits per heavy atom. The van der Waals surface area contributed by atoms with Crippen molar-refractivity contribution in [3.63, 3.8) is 0 Å². The topological polar surface area (TPSA) is 75.7 Å². The first-order valence-corrected chi connectivity index (χ1v) is 13.8. The van der Waals surface area contributed by atoms with Gasteiger partial charge in [-0.3, -0.25) is 4.79 Å². The number of hydrogen-bond acceptors (Lipinski definition) is 4. The molecule has 0 bridgehead atoms. The number of ether oxygens (including phenoxy) is 1. The van der Waals surface area contributed by atoms with Gasteiger partial charge in [0.05, 0.1) is 18.0 Å². The van der Waals surface area contributed by atoms with Crippen molar-refractivity contribution in [3.05, 3.63) is 94.5 Å². The molecule has 1 aliphatic rings. The molecule has 36 heavy (non-hydrogen) atoms. The molecule has 1 saturated heterocycles. The number of benzene rings is 3. The summed E-state index contributed by atoms with van der Waals surface area (Å²) >= 11 is 0. The molecule has 190 valence electrons. The fourth-order valence-electron chi connectivity index (χ4n) is 4.81. The lowest BCUT2D eigenvalue weighted by atomic mass is 9.93. The van der Waals surface area contributed by atoms with E-state index in [2.05, 4.69) is 37.4 Å². The first-order valence-electron chi connectivity index (χ1n) is 12.4. The van der Waals surface area contributed by atoms with Crippen LogP contribution in [0.2, 0.25) is 0 Å².